The zero-order valence-electron chi connectivity index (χ0n) is 23.4. The van der Waals surface area contributed by atoms with Gasteiger partial charge in [0.1, 0.15) is 16.5 Å². The van der Waals surface area contributed by atoms with Crippen LogP contribution in [-0.4, -0.2) is 93.2 Å². The smallest absolute Gasteiger partial charge is 0.409 e. The number of hydrogen-bond donors (Lipinski definition) is 1. The fourth-order valence-corrected chi connectivity index (χ4v) is 8.28. The van der Waals surface area contributed by atoms with E-state index >= 15 is 0 Å². The number of methoxy groups -OCH3 is 1. The van der Waals surface area contributed by atoms with E-state index in [2.05, 4.69) is 38.5 Å². The Hall–Kier alpha value is -2.76. The second kappa shape index (κ2) is 10.9. The molecule has 2 atom stereocenters. The van der Waals surface area contributed by atoms with Crippen molar-refractivity contribution in [3.05, 3.63) is 34.7 Å². The topological polar surface area (TPSA) is 97.6 Å². The molecule has 4 aliphatic rings. The Kier molecular flexibility index (Phi) is 7.13. The standard InChI is InChI=1S/C29H39N7O3S/c1-18-17-40-28-26(18)27(32-25(33-28)11-19-13-30-36(14-19)22-7-9-39-10-8-22)31-20-3-5-21(6-4-20)34-15-24-12-23(34)16-35(24)29(37)38-2/h13-14,17,20-24H,3-12,15-16H2,1-2H3,(H,31,32,33). The second-order valence-corrected chi connectivity index (χ2v) is 12.8. The molecule has 6 heterocycles. The second-order valence-electron chi connectivity index (χ2n) is 11.9. The largest absolute Gasteiger partial charge is 0.453 e. The van der Waals surface area contributed by atoms with Crippen LogP contribution in [0.1, 0.15) is 67.9 Å². The number of aromatic nitrogens is 4. The van der Waals surface area contributed by atoms with Gasteiger partial charge in [-0.05, 0) is 68.4 Å². The van der Waals surface area contributed by atoms with Gasteiger partial charge in [-0.15, -0.1) is 11.3 Å². The lowest BCUT2D eigenvalue weighted by Crippen LogP contribution is -2.53. The van der Waals surface area contributed by atoms with Gasteiger partial charge in [0.15, 0.2) is 0 Å². The number of rotatable bonds is 6. The number of thiophene rings is 1. The number of nitrogens with zero attached hydrogens (tertiary/aromatic N) is 6. The Labute approximate surface area is 239 Å². The minimum Gasteiger partial charge on any atom is -0.453 e. The van der Waals surface area contributed by atoms with Gasteiger partial charge in [0.25, 0.3) is 0 Å². The molecular weight excluding hydrogens is 526 g/mol. The molecule has 1 saturated carbocycles. The van der Waals surface area contributed by atoms with E-state index in [4.69, 9.17) is 19.4 Å². The molecule has 214 valence electrons. The first-order chi connectivity index (χ1) is 19.6. The summed E-state index contributed by atoms with van der Waals surface area (Å²) in [7, 11) is 1.48. The molecule has 3 saturated heterocycles. The lowest BCUT2D eigenvalue weighted by atomic mass is 9.89. The number of hydrogen-bond acceptors (Lipinski definition) is 9. The quantitative estimate of drug-likeness (QED) is 0.470. The summed E-state index contributed by atoms with van der Waals surface area (Å²) in [6.45, 7) is 5.56. The zero-order chi connectivity index (χ0) is 27.2. The molecule has 3 aromatic heterocycles. The summed E-state index contributed by atoms with van der Waals surface area (Å²) >= 11 is 1.70. The number of carbonyl (C=O) groups excluding carboxylic acids is 1. The van der Waals surface area contributed by atoms with Gasteiger partial charge in [-0.3, -0.25) is 9.58 Å². The van der Waals surface area contributed by atoms with Crippen LogP contribution in [0.15, 0.2) is 17.8 Å². The number of likely N-dealkylation sites (tertiary alicyclic amines) is 2. The van der Waals surface area contributed by atoms with E-state index in [1.807, 2.05) is 11.1 Å². The summed E-state index contributed by atoms with van der Waals surface area (Å²) in [5, 5.41) is 11.8. The molecule has 0 aromatic carbocycles. The molecule has 7 rings (SSSR count). The van der Waals surface area contributed by atoms with Crippen molar-refractivity contribution in [2.45, 2.75) is 88.5 Å². The molecule has 2 bridgehead atoms. The average Bonchev–Trinajstić information content (AvgIpc) is 3.78. The Morgan fingerprint density at radius 3 is 2.65 bits per heavy atom. The van der Waals surface area contributed by atoms with Gasteiger partial charge in [-0.1, -0.05) is 0 Å². The van der Waals surface area contributed by atoms with Crippen molar-refractivity contribution < 1.29 is 14.3 Å². The molecule has 10 nitrogen and oxygen atoms in total. The van der Waals surface area contributed by atoms with Crippen LogP contribution in [0.2, 0.25) is 0 Å². The van der Waals surface area contributed by atoms with Gasteiger partial charge in [0.2, 0.25) is 0 Å². The molecule has 0 spiro atoms. The predicted octanol–water partition coefficient (Wildman–Crippen LogP) is 4.39. The van der Waals surface area contributed by atoms with E-state index in [1.165, 1.54) is 25.5 Å². The van der Waals surface area contributed by atoms with Crippen LogP contribution in [0, 0.1) is 6.92 Å². The van der Waals surface area contributed by atoms with E-state index in [-0.39, 0.29) is 6.09 Å². The number of piperazine rings is 1. The van der Waals surface area contributed by atoms with Crippen LogP contribution < -0.4 is 5.32 Å². The summed E-state index contributed by atoms with van der Waals surface area (Å²) in [4.78, 5) is 27.7. The number of carbonyl (C=O) groups is 1. The maximum absolute atomic E-state index is 12.1. The molecule has 40 heavy (non-hydrogen) atoms. The third-order valence-electron chi connectivity index (χ3n) is 9.44. The number of aryl methyl sites for hydroxylation is 1. The van der Waals surface area contributed by atoms with Crippen molar-refractivity contribution in [1.29, 1.82) is 0 Å². The van der Waals surface area contributed by atoms with Crippen molar-refractivity contribution in [2.75, 3.05) is 38.7 Å². The van der Waals surface area contributed by atoms with Crippen molar-refractivity contribution in [3.63, 3.8) is 0 Å². The first-order valence-corrected chi connectivity index (χ1v) is 15.7. The predicted molar refractivity (Wildman–Crippen MR) is 154 cm³/mol. The molecule has 1 N–H and O–H groups in total. The Bertz CT molecular complexity index is 1360. The third-order valence-corrected chi connectivity index (χ3v) is 10.4. The summed E-state index contributed by atoms with van der Waals surface area (Å²) < 4.78 is 12.6. The molecule has 3 aromatic rings. The maximum Gasteiger partial charge on any atom is 0.409 e. The van der Waals surface area contributed by atoms with Crippen LogP contribution in [0.3, 0.4) is 0 Å². The van der Waals surface area contributed by atoms with E-state index in [1.54, 1.807) is 11.3 Å². The first kappa shape index (κ1) is 26.2. The van der Waals surface area contributed by atoms with Crippen LogP contribution in [0.4, 0.5) is 10.6 Å². The minimum absolute atomic E-state index is 0.174. The molecule has 1 amide bonds. The molecule has 0 radical (unpaired) electrons. The number of ether oxygens (including phenoxy) is 2. The highest BCUT2D eigenvalue weighted by Gasteiger charge is 2.48. The van der Waals surface area contributed by atoms with Gasteiger partial charge in [-0.25, -0.2) is 14.8 Å². The summed E-state index contributed by atoms with van der Waals surface area (Å²) in [5.74, 6) is 1.83. The fourth-order valence-electron chi connectivity index (χ4n) is 7.34. The van der Waals surface area contributed by atoms with Crippen LogP contribution >= 0.6 is 11.3 Å². The zero-order valence-corrected chi connectivity index (χ0v) is 24.2. The van der Waals surface area contributed by atoms with Crippen LogP contribution in [-0.2, 0) is 15.9 Å². The van der Waals surface area contributed by atoms with E-state index in [0.717, 1.165) is 85.8 Å². The van der Waals surface area contributed by atoms with Gasteiger partial charge in [0.05, 0.1) is 24.7 Å². The summed E-state index contributed by atoms with van der Waals surface area (Å²) in [6.07, 6.45) is 12.3. The number of nitrogens with one attached hydrogen (secondary N) is 1. The fraction of sp³-hybridized carbons (Fsp3) is 0.655. The number of amides is 1. The molecule has 4 fully saturated rings. The SMILES string of the molecule is COC(=O)N1CC2CC1CN2C1CCC(Nc2nc(Cc3cnn(C4CCOCC4)c3)nc3scc(C)c23)CC1. The lowest BCUT2D eigenvalue weighted by molar-refractivity contribution is 0.0615. The maximum atomic E-state index is 12.1. The molecular formula is C29H39N7O3S. The van der Waals surface area contributed by atoms with E-state index in [9.17, 15) is 4.79 Å². The Morgan fingerprint density at radius 1 is 1.07 bits per heavy atom. The molecule has 2 unspecified atom stereocenters. The third kappa shape index (κ3) is 4.96. The summed E-state index contributed by atoms with van der Waals surface area (Å²) in [6, 6.07) is 2.21. The Morgan fingerprint density at radius 2 is 1.90 bits per heavy atom. The van der Waals surface area contributed by atoms with E-state index in [0.29, 0.717) is 36.6 Å². The van der Waals surface area contributed by atoms with Crippen LogP contribution in [0.25, 0.3) is 10.2 Å². The van der Waals surface area contributed by atoms with Crippen molar-refractivity contribution in [1.82, 2.24) is 29.5 Å². The monoisotopic (exact) mass is 565 g/mol. The highest BCUT2D eigenvalue weighted by molar-refractivity contribution is 7.17. The van der Waals surface area contributed by atoms with E-state index < -0.39 is 0 Å². The number of anilines is 1. The average molecular weight is 566 g/mol. The molecule has 1 aliphatic carbocycles. The molecule has 3 aliphatic heterocycles. The highest BCUT2D eigenvalue weighted by Crippen LogP contribution is 2.38. The first-order valence-electron chi connectivity index (χ1n) is 14.8. The van der Waals surface area contributed by atoms with Gasteiger partial charge >= 0.3 is 6.09 Å². The Balaban J connectivity index is 1.01. The lowest BCUT2D eigenvalue weighted by Gasteiger charge is -2.41. The summed E-state index contributed by atoms with van der Waals surface area (Å²) in [5.41, 5.74) is 2.38. The highest BCUT2D eigenvalue weighted by atomic mass is 32.1. The normalized spacial score (nSPS) is 27.5. The van der Waals surface area contributed by atoms with Crippen molar-refractivity contribution in [3.8, 4) is 0 Å². The number of fused-ring (bicyclic) bond motifs is 3. The molecule has 11 heteroatoms. The van der Waals surface area contributed by atoms with Gasteiger partial charge in [0, 0.05) is 63.1 Å². The van der Waals surface area contributed by atoms with Crippen molar-refractivity contribution >= 4 is 33.5 Å². The van der Waals surface area contributed by atoms with Gasteiger partial charge < -0.3 is 19.7 Å². The van der Waals surface area contributed by atoms with Gasteiger partial charge in [-0.2, -0.15) is 5.10 Å². The minimum atomic E-state index is -0.174. The van der Waals surface area contributed by atoms with Crippen LogP contribution in [0.5, 0.6) is 0 Å². The van der Waals surface area contributed by atoms with Crippen molar-refractivity contribution in [2.24, 2.45) is 0 Å².